The van der Waals surface area contributed by atoms with E-state index in [4.69, 9.17) is 23.9 Å². The van der Waals surface area contributed by atoms with Gasteiger partial charge in [0, 0.05) is 28.3 Å². The van der Waals surface area contributed by atoms with Gasteiger partial charge < -0.3 is 29.2 Å². The van der Waals surface area contributed by atoms with Crippen molar-refractivity contribution in [1.82, 2.24) is 29.9 Å². The van der Waals surface area contributed by atoms with E-state index in [1.807, 2.05) is 121 Å². The number of ether oxygens (including phenoxy) is 4. The Labute approximate surface area is 392 Å². The summed E-state index contributed by atoms with van der Waals surface area (Å²) in [5.41, 5.74) is 4.14. The Kier molecular flexibility index (Phi) is 14.0. The zero-order valence-corrected chi connectivity index (χ0v) is 36.8. The molecule has 0 saturated heterocycles. The summed E-state index contributed by atoms with van der Waals surface area (Å²) in [5.74, 6) is 1.41. The normalized spacial score (nSPS) is 14.5. The van der Waals surface area contributed by atoms with Crippen molar-refractivity contribution < 1.29 is 38.7 Å². The monoisotopic (exact) mass is 906 g/mol. The van der Waals surface area contributed by atoms with E-state index < -0.39 is 5.97 Å². The molecular formula is C54H46N6O8. The molecule has 0 bridgehead atoms. The molecule has 2 heterocycles. The second-order valence-electron chi connectivity index (χ2n) is 16.0. The highest BCUT2D eigenvalue weighted by atomic mass is 16.6. The smallest absolute Gasteiger partial charge is 0.338 e. The van der Waals surface area contributed by atoms with E-state index in [0.717, 1.165) is 22.3 Å². The number of aromatic nitrogens is 6. The van der Waals surface area contributed by atoms with E-state index in [2.05, 4.69) is 24.9 Å². The number of phenols is 2. The van der Waals surface area contributed by atoms with Gasteiger partial charge in [-0.1, -0.05) is 121 Å². The Morgan fingerprint density at radius 2 is 0.882 bits per heavy atom. The van der Waals surface area contributed by atoms with Crippen molar-refractivity contribution in [2.75, 3.05) is 26.4 Å². The number of hydrogen-bond donors (Lipinski definition) is 2. The molecule has 1 aliphatic rings. The molecule has 0 amide bonds. The first kappa shape index (κ1) is 44.8. The number of hydrogen-bond acceptors (Lipinski definition) is 14. The maximum Gasteiger partial charge on any atom is 0.338 e. The maximum atomic E-state index is 13.0. The standard InChI is InChI=1S/C54H46N6O8/c61-45-33-40(23-27-43(45)51-57-47(35-13-5-1-6-14-35)55-48(58-51)36-15-7-2-8-16-36)54(64)68-31-29-65-41-24-21-39(22-25-41)53(63)67-32-30-66-42-26-28-44(46(62)34-42)52-59-49(37-17-9-3-10-18-37)56-50(60-52)38-19-11-4-12-20-38/h1-20,23,26-28,33-34,39,41,61-62H,21-22,24-25,29-32H2. The summed E-state index contributed by atoms with van der Waals surface area (Å²) in [6.07, 6.45) is 2.42. The molecule has 2 N–H and O–H groups in total. The van der Waals surface area contributed by atoms with Gasteiger partial charge in [-0.25, -0.2) is 34.7 Å². The van der Waals surface area contributed by atoms with Gasteiger partial charge in [-0.05, 0) is 56.0 Å². The fourth-order valence-corrected chi connectivity index (χ4v) is 7.81. The van der Waals surface area contributed by atoms with E-state index in [1.165, 1.54) is 12.1 Å². The van der Waals surface area contributed by atoms with Crippen molar-refractivity contribution in [3.8, 4) is 85.6 Å². The number of nitrogens with zero attached hydrogens (tertiary/aromatic N) is 6. The van der Waals surface area contributed by atoms with Crippen molar-refractivity contribution in [3.63, 3.8) is 0 Å². The summed E-state index contributed by atoms with van der Waals surface area (Å²) >= 11 is 0. The van der Waals surface area contributed by atoms with Crippen LogP contribution >= 0.6 is 0 Å². The highest BCUT2D eigenvalue weighted by Gasteiger charge is 2.28. The Morgan fingerprint density at radius 3 is 1.34 bits per heavy atom. The molecule has 8 aromatic rings. The minimum absolute atomic E-state index is 0.0139. The van der Waals surface area contributed by atoms with Crippen molar-refractivity contribution in [3.05, 3.63) is 163 Å². The lowest BCUT2D eigenvalue weighted by Crippen LogP contribution is -2.29. The Morgan fingerprint density at radius 1 is 0.456 bits per heavy atom. The summed E-state index contributed by atoms with van der Waals surface area (Å²) in [6, 6.07) is 47.5. The SMILES string of the molecule is O=C(OCCOC1CCC(C(=O)OCCOc2ccc(-c3nc(-c4ccccc4)nc(-c4ccccc4)n3)c(O)c2)CC1)c1ccc(-c2nc(-c3ccccc3)nc(-c3ccccc3)n2)c(O)c1. The van der Waals surface area contributed by atoms with Crippen LogP contribution in [0.15, 0.2) is 158 Å². The molecule has 0 unspecified atom stereocenters. The third kappa shape index (κ3) is 11.0. The topological polar surface area (TPSA) is 189 Å². The van der Waals surface area contributed by atoms with Gasteiger partial charge in [-0.15, -0.1) is 0 Å². The zero-order valence-electron chi connectivity index (χ0n) is 36.8. The lowest BCUT2D eigenvalue weighted by atomic mass is 9.87. The van der Waals surface area contributed by atoms with Crippen molar-refractivity contribution in [1.29, 1.82) is 0 Å². The number of carbonyl (C=O) groups excluding carboxylic acids is 2. The van der Waals surface area contributed by atoms with Crippen molar-refractivity contribution in [2.24, 2.45) is 5.92 Å². The first-order valence-electron chi connectivity index (χ1n) is 22.3. The van der Waals surface area contributed by atoms with Crippen LogP contribution in [0.2, 0.25) is 0 Å². The van der Waals surface area contributed by atoms with Gasteiger partial charge in [0.2, 0.25) is 0 Å². The molecule has 9 rings (SSSR count). The molecule has 2 aromatic heterocycles. The molecule has 1 saturated carbocycles. The number of benzene rings is 6. The predicted molar refractivity (Wildman–Crippen MR) is 254 cm³/mol. The van der Waals surface area contributed by atoms with Crippen molar-refractivity contribution >= 4 is 11.9 Å². The van der Waals surface area contributed by atoms with Crippen molar-refractivity contribution in [2.45, 2.75) is 31.8 Å². The van der Waals surface area contributed by atoms with E-state index in [1.54, 1.807) is 24.3 Å². The minimum atomic E-state index is -0.611. The molecule has 6 aromatic carbocycles. The fraction of sp³-hybridized carbons (Fsp3) is 0.185. The van der Waals surface area contributed by atoms with Crippen LogP contribution in [0.4, 0.5) is 0 Å². The summed E-state index contributed by atoms with van der Waals surface area (Å²) < 4.78 is 22.8. The zero-order chi connectivity index (χ0) is 46.7. The van der Waals surface area contributed by atoms with Gasteiger partial charge in [-0.3, -0.25) is 4.79 Å². The maximum absolute atomic E-state index is 13.0. The summed E-state index contributed by atoms with van der Waals surface area (Å²) in [6.45, 7) is 0.329. The fourth-order valence-electron chi connectivity index (χ4n) is 7.81. The summed E-state index contributed by atoms with van der Waals surface area (Å²) in [7, 11) is 0. The number of rotatable bonds is 16. The van der Waals surface area contributed by atoms with E-state index in [0.29, 0.717) is 71.7 Å². The van der Waals surface area contributed by atoms with Crippen LogP contribution in [-0.4, -0.2) is 84.6 Å². The molecule has 14 nitrogen and oxygen atoms in total. The van der Waals surface area contributed by atoms with Crippen LogP contribution in [0.3, 0.4) is 0 Å². The first-order valence-corrected chi connectivity index (χ1v) is 22.3. The average molecular weight is 907 g/mol. The Balaban J connectivity index is 0.710. The third-order valence-corrected chi connectivity index (χ3v) is 11.4. The predicted octanol–water partition coefficient (Wildman–Crippen LogP) is 9.82. The van der Waals surface area contributed by atoms with E-state index in [9.17, 15) is 19.8 Å². The van der Waals surface area contributed by atoms with Crippen LogP contribution in [-0.2, 0) is 19.0 Å². The minimum Gasteiger partial charge on any atom is -0.507 e. The lowest BCUT2D eigenvalue weighted by Gasteiger charge is -2.27. The van der Waals surface area contributed by atoms with Gasteiger partial charge in [-0.2, -0.15) is 0 Å². The Bertz CT molecular complexity index is 2880. The largest absolute Gasteiger partial charge is 0.507 e. The Hall–Kier alpha value is -8.36. The van der Waals surface area contributed by atoms with E-state index >= 15 is 0 Å². The number of carbonyl (C=O) groups is 2. The van der Waals surface area contributed by atoms with Crippen LogP contribution in [0.1, 0.15) is 36.0 Å². The molecule has 0 spiro atoms. The van der Waals surface area contributed by atoms with Gasteiger partial charge in [0.1, 0.15) is 37.1 Å². The van der Waals surface area contributed by atoms with Gasteiger partial charge in [0.25, 0.3) is 0 Å². The van der Waals surface area contributed by atoms with Gasteiger partial charge in [0.05, 0.1) is 35.3 Å². The number of phenolic OH excluding ortho intramolecular Hbond substituents is 2. The van der Waals surface area contributed by atoms with Crippen LogP contribution < -0.4 is 4.74 Å². The summed E-state index contributed by atoms with van der Waals surface area (Å²) in [5, 5.41) is 22.1. The van der Waals surface area contributed by atoms with E-state index in [-0.39, 0.29) is 67.3 Å². The second-order valence-corrected chi connectivity index (χ2v) is 16.0. The quantitative estimate of drug-likeness (QED) is 0.0688. The van der Waals surface area contributed by atoms with Crippen LogP contribution in [0.25, 0.3) is 68.3 Å². The van der Waals surface area contributed by atoms with Crippen LogP contribution in [0, 0.1) is 5.92 Å². The molecule has 14 heteroatoms. The number of esters is 2. The highest BCUT2D eigenvalue weighted by molar-refractivity contribution is 5.91. The molecule has 1 fully saturated rings. The molecule has 1 aliphatic carbocycles. The molecule has 68 heavy (non-hydrogen) atoms. The second kappa shape index (κ2) is 21.3. The van der Waals surface area contributed by atoms with Crippen LogP contribution in [0.5, 0.6) is 17.2 Å². The lowest BCUT2D eigenvalue weighted by molar-refractivity contribution is -0.151. The summed E-state index contributed by atoms with van der Waals surface area (Å²) in [4.78, 5) is 53.9. The van der Waals surface area contributed by atoms with Gasteiger partial charge >= 0.3 is 11.9 Å². The third-order valence-electron chi connectivity index (χ3n) is 11.4. The average Bonchev–Trinajstić information content (AvgIpc) is 3.39. The first-order chi connectivity index (χ1) is 33.3. The highest BCUT2D eigenvalue weighted by Crippen LogP contribution is 2.34. The van der Waals surface area contributed by atoms with Gasteiger partial charge in [0.15, 0.2) is 34.9 Å². The molecule has 340 valence electrons. The molecule has 0 atom stereocenters. The molecule has 0 radical (unpaired) electrons. The number of aromatic hydroxyl groups is 2. The molecule has 0 aliphatic heterocycles. The molecular weight excluding hydrogens is 861 g/mol.